The van der Waals surface area contributed by atoms with Gasteiger partial charge in [0.1, 0.15) is 5.60 Å². The molecule has 0 aromatic carbocycles. The Kier molecular flexibility index (Phi) is 5.52. The molecule has 0 spiro atoms. The molecule has 0 unspecified atom stereocenters. The molecule has 0 radical (unpaired) electrons. The third-order valence-electron chi connectivity index (χ3n) is 2.28. The van der Waals surface area contributed by atoms with Gasteiger partial charge in [0.05, 0.1) is 24.2 Å². The molecule has 0 fully saturated rings. The molecule has 1 amide bonds. The van der Waals surface area contributed by atoms with E-state index in [1.54, 1.807) is 34.7 Å². The fourth-order valence-corrected chi connectivity index (χ4v) is 1.49. The number of amides is 1. The summed E-state index contributed by atoms with van der Waals surface area (Å²) in [6, 6.07) is 0. The summed E-state index contributed by atoms with van der Waals surface area (Å²) in [7, 11) is 1.70. The van der Waals surface area contributed by atoms with Crippen molar-refractivity contribution in [2.45, 2.75) is 33.3 Å². The second-order valence-electron chi connectivity index (χ2n) is 5.28. The average molecular weight is 295 g/mol. The summed E-state index contributed by atoms with van der Waals surface area (Å²) in [5, 5.41) is 6.63. The molecule has 7 nitrogen and oxygen atoms in total. The van der Waals surface area contributed by atoms with Crippen LogP contribution in [0.1, 0.15) is 33.4 Å². The number of esters is 1. The number of ether oxygens (including phenoxy) is 2. The minimum Gasteiger partial charge on any atom is -0.463 e. The molecule has 116 valence electrons. The molecule has 1 aromatic rings. The minimum absolute atomic E-state index is 0.303. The number of rotatable bonds is 4. The number of hydrogen-bond donors (Lipinski definition) is 1. The maximum absolute atomic E-state index is 11.7. The topological polar surface area (TPSA) is 82.4 Å². The van der Waals surface area contributed by atoms with Crippen molar-refractivity contribution in [3.05, 3.63) is 18.0 Å². The molecule has 0 aliphatic heterocycles. The van der Waals surface area contributed by atoms with Crippen LogP contribution < -0.4 is 5.32 Å². The lowest BCUT2D eigenvalue weighted by atomic mass is 10.2. The molecule has 0 bridgehead atoms. The molecule has 0 aliphatic rings. The molecule has 21 heavy (non-hydrogen) atoms. The van der Waals surface area contributed by atoms with Crippen molar-refractivity contribution < 1.29 is 19.1 Å². The standard InChI is InChI=1S/C14H21N3O4/c1-6-20-12(18)8-7-11-10(9-15-17(11)5)16-13(19)21-14(2,3)4/h7-9H,6H2,1-5H3,(H,16,19). The van der Waals surface area contributed by atoms with Crippen LogP contribution in [0.25, 0.3) is 6.08 Å². The molecular formula is C14H21N3O4. The van der Waals surface area contributed by atoms with Gasteiger partial charge in [0.15, 0.2) is 0 Å². The zero-order chi connectivity index (χ0) is 16.0. The van der Waals surface area contributed by atoms with Gasteiger partial charge < -0.3 is 9.47 Å². The third-order valence-corrected chi connectivity index (χ3v) is 2.28. The molecule has 7 heteroatoms. The number of anilines is 1. The van der Waals surface area contributed by atoms with E-state index in [1.807, 2.05) is 0 Å². The van der Waals surface area contributed by atoms with Gasteiger partial charge in [-0.2, -0.15) is 5.10 Å². The number of aromatic nitrogens is 2. The van der Waals surface area contributed by atoms with E-state index >= 15 is 0 Å². The van der Waals surface area contributed by atoms with Crippen molar-refractivity contribution in [2.75, 3.05) is 11.9 Å². The van der Waals surface area contributed by atoms with Crippen LogP contribution in [0.5, 0.6) is 0 Å². The number of nitrogens with zero attached hydrogens (tertiary/aromatic N) is 2. The maximum atomic E-state index is 11.7. The highest BCUT2D eigenvalue weighted by Crippen LogP contribution is 2.17. The summed E-state index contributed by atoms with van der Waals surface area (Å²) in [5.74, 6) is -0.457. The SMILES string of the molecule is CCOC(=O)C=Cc1c(NC(=O)OC(C)(C)C)cnn1C. The van der Waals surface area contributed by atoms with Gasteiger partial charge >= 0.3 is 12.1 Å². The van der Waals surface area contributed by atoms with Crippen molar-refractivity contribution in [1.29, 1.82) is 0 Å². The molecule has 0 saturated carbocycles. The van der Waals surface area contributed by atoms with E-state index in [2.05, 4.69) is 10.4 Å². The van der Waals surface area contributed by atoms with Gasteiger partial charge in [0, 0.05) is 13.1 Å². The molecule has 0 aliphatic carbocycles. The second-order valence-corrected chi connectivity index (χ2v) is 5.28. The van der Waals surface area contributed by atoms with Crippen LogP contribution in [0.4, 0.5) is 10.5 Å². The van der Waals surface area contributed by atoms with E-state index < -0.39 is 17.7 Å². The van der Waals surface area contributed by atoms with Crippen LogP contribution in [0.2, 0.25) is 0 Å². The van der Waals surface area contributed by atoms with Gasteiger partial charge in [-0.25, -0.2) is 9.59 Å². The molecular weight excluding hydrogens is 274 g/mol. The Morgan fingerprint density at radius 1 is 1.43 bits per heavy atom. The van der Waals surface area contributed by atoms with Gasteiger partial charge in [0.2, 0.25) is 0 Å². The predicted octanol–water partition coefficient (Wildman–Crippen LogP) is 2.34. The van der Waals surface area contributed by atoms with Crippen LogP contribution in [0, 0.1) is 0 Å². The molecule has 1 aromatic heterocycles. The first-order chi connectivity index (χ1) is 9.73. The van der Waals surface area contributed by atoms with Gasteiger partial charge in [-0.05, 0) is 33.8 Å². The summed E-state index contributed by atoms with van der Waals surface area (Å²) in [4.78, 5) is 23.1. The number of aryl methyl sites for hydroxylation is 1. The lowest BCUT2D eigenvalue weighted by Gasteiger charge is -2.19. The van der Waals surface area contributed by atoms with Crippen LogP contribution in [-0.4, -0.2) is 34.1 Å². The lowest BCUT2D eigenvalue weighted by Crippen LogP contribution is -2.27. The summed E-state index contributed by atoms with van der Waals surface area (Å²) in [6.07, 6.45) is 3.70. The lowest BCUT2D eigenvalue weighted by molar-refractivity contribution is -0.137. The summed E-state index contributed by atoms with van der Waals surface area (Å²) in [5.41, 5.74) is 0.425. The van der Waals surface area contributed by atoms with Gasteiger partial charge in [-0.1, -0.05) is 0 Å². The summed E-state index contributed by atoms with van der Waals surface area (Å²) >= 11 is 0. The first kappa shape index (κ1) is 16.7. The van der Waals surface area contributed by atoms with Crippen LogP contribution >= 0.6 is 0 Å². The zero-order valence-corrected chi connectivity index (χ0v) is 13.0. The maximum Gasteiger partial charge on any atom is 0.412 e. The molecule has 0 atom stereocenters. The van der Waals surface area contributed by atoms with Crippen molar-refractivity contribution in [2.24, 2.45) is 7.05 Å². The highest BCUT2D eigenvalue weighted by Gasteiger charge is 2.18. The van der Waals surface area contributed by atoms with E-state index in [1.165, 1.54) is 23.0 Å². The van der Waals surface area contributed by atoms with E-state index in [0.717, 1.165) is 0 Å². The number of carbonyl (C=O) groups excluding carboxylic acids is 2. The van der Waals surface area contributed by atoms with Crippen LogP contribution in [-0.2, 0) is 21.3 Å². The van der Waals surface area contributed by atoms with Gasteiger partial charge in [0.25, 0.3) is 0 Å². The second kappa shape index (κ2) is 6.92. The monoisotopic (exact) mass is 295 g/mol. The Labute approximate surface area is 123 Å². The average Bonchev–Trinajstić information content (AvgIpc) is 2.65. The Morgan fingerprint density at radius 2 is 2.10 bits per heavy atom. The van der Waals surface area contributed by atoms with Crippen molar-refractivity contribution >= 4 is 23.8 Å². The van der Waals surface area contributed by atoms with Crippen molar-refractivity contribution in [3.8, 4) is 0 Å². The fourth-order valence-electron chi connectivity index (χ4n) is 1.49. The predicted molar refractivity (Wildman–Crippen MR) is 78.7 cm³/mol. The first-order valence-electron chi connectivity index (χ1n) is 6.59. The fraction of sp³-hybridized carbons (Fsp3) is 0.500. The Bertz CT molecular complexity index is 541. The van der Waals surface area contributed by atoms with Crippen molar-refractivity contribution in [1.82, 2.24) is 9.78 Å². The molecule has 1 rings (SSSR count). The highest BCUT2D eigenvalue weighted by atomic mass is 16.6. The van der Waals surface area contributed by atoms with Gasteiger partial charge in [-0.15, -0.1) is 0 Å². The van der Waals surface area contributed by atoms with E-state index in [-0.39, 0.29) is 0 Å². The van der Waals surface area contributed by atoms with Crippen LogP contribution in [0.15, 0.2) is 12.3 Å². The Hall–Kier alpha value is -2.31. The van der Waals surface area contributed by atoms with Gasteiger partial charge in [-0.3, -0.25) is 10.00 Å². The van der Waals surface area contributed by atoms with Crippen molar-refractivity contribution in [3.63, 3.8) is 0 Å². The summed E-state index contributed by atoms with van der Waals surface area (Å²) in [6.45, 7) is 7.36. The molecule has 1 heterocycles. The first-order valence-corrected chi connectivity index (χ1v) is 6.59. The minimum atomic E-state index is -0.590. The normalized spacial score (nSPS) is 11.5. The number of carbonyl (C=O) groups is 2. The third kappa shape index (κ3) is 5.68. The molecule has 0 saturated heterocycles. The van der Waals surface area contributed by atoms with E-state index in [0.29, 0.717) is 18.0 Å². The number of nitrogens with one attached hydrogen (secondary N) is 1. The largest absolute Gasteiger partial charge is 0.463 e. The zero-order valence-electron chi connectivity index (χ0n) is 13.0. The quantitative estimate of drug-likeness (QED) is 0.681. The molecule has 1 N–H and O–H groups in total. The Balaban J connectivity index is 2.81. The Morgan fingerprint density at radius 3 is 2.67 bits per heavy atom. The number of hydrogen-bond acceptors (Lipinski definition) is 5. The van der Waals surface area contributed by atoms with Crippen LogP contribution in [0.3, 0.4) is 0 Å². The highest BCUT2D eigenvalue weighted by molar-refractivity contribution is 5.91. The smallest absolute Gasteiger partial charge is 0.412 e. The van der Waals surface area contributed by atoms with E-state index in [4.69, 9.17) is 9.47 Å². The summed E-state index contributed by atoms with van der Waals surface area (Å²) < 4.78 is 11.5. The van der Waals surface area contributed by atoms with E-state index in [9.17, 15) is 9.59 Å².